The van der Waals surface area contributed by atoms with Gasteiger partial charge in [-0.3, -0.25) is 24.0 Å². The summed E-state index contributed by atoms with van der Waals surface area (Å²) in [6.07, 6.45) is 5.28. The van der Waals surface area contributed by atoms with Crippen LogP contribution in [-0.4, -0.2) is 101 Å². The Morgan fingerprint density at radius 1 is 1.02 bits per heavy atom. The Kier molecular flexibility index (Phi) is 15.2. The second-order valence-corrected chi connectivity index (χ2v) is 13.6. The molecule has 7 N–H and O–H groups in total. The molecule has 0 aromatic carbocycles. The van der Waals surface area contributed by atoms with Crippen LogP contribution in [0.2, 0.25) is 0 Å². The number of hydrogen-bond acceptors (Lipinski definition) is 8. The van der Waals surface area contributed by atoms with Gasteiger partial charge in [-0.1, -0.05) is 47.1 Å². The highest BCUT2D eigenvalue weighted by molar-refractivity contribution is 8.01. The van der Waals surface area contributed by atoms with E-state index in [1.165, 1.54) is 28.6 Å². The topological polar surface area (TPSA) is 197 Å². The standard InChI is InChI=1S/C28H46N6O6S.CH5N/c1-8-14-33(7)25(38)19(16(2)3)30-27(40)31-21(28(4,5)6)26(39)34-15-10-13-18(34)23(37)32-24(20(35)22(29)36)41-17-11-9-12-17;1-2/h8,16-19,21,24H,1,9-15H2,2-7H3,(H2,29,36)(H,32,37)(H2,30,31,40);2H2,1H3/t18-,19?,21?,24?;/m0./s1. The summed E-state index contributed by atoms with van der Waals surface area (Å²) < 4.78 is 0. The Bertz CT molecular complexity index is 1030. The van der Waals surface area contributed by atoms with Crippen molar-refractivity contribution >= 4 is 47.2 Å². The van der Waals surface area contributed by atoms with Crippen LogP contribution >= 0.6 is 11.8 Å². The van der Waals surface area contributed by atoms with E-state index in [-0.39, 0.29) is 23.6 Å². The molecule has 0 bridgehead atoms. The maximum absolute atomic E-state index is 13.8. The molecule has 1 aliphatic carbocycles. The fourth-order valence-electron chi connectivity index (χ4n) is 4.68. The molecule has 1 aliphatic heterocycles. The molecule has 14 heteroatoms. The average molecular weight is 626 g/mol. The SMILES string of the molecule is C=CCN(C)C(=O)C(NC(=O)NC(C(=O)N1CCC[C@H]1C(=O)NC(SC1CCC1)C(=O)C(N)=O)C(C)(C)C)C(C)C.CN. The van der Waals surface area contributed by atoms with Crippen LogP contribution in [0.25, 0.3) is 0 Å². The quantitative estimate of drug-likeness (QED) is 0.112. The Morgan fingerprint density at radius 3 is 2.09 bits per heavy atom. The molecular weight excluding hydrogens is 574 g/mol. The number of ketones is 1. The smallest absolute Gasteiger partial charge is 0.316 e. The van der Waals surface area contributed by atoms with Gasteiger partial charge in [-0.15, -0.1) is 18.3 Å². The highest BCUT2D eigenvalue weighted by Gasteiger charge is 2.43. The highest BCUT2D eigenvalue weighted by Crippen LogP contribution is 2.34. The van der Waals surface area contributed by atoms with E-state index < -0.39 is 58.5 Å². The third-order valence-corrected chi connectivity index (χ3v) is 8.82. The van der Waals surface area contributed by atoms with Crippen LogP contribution in [0.1, 0.15) is 66.7 Å². The Morgan fingerprint density at radius 2 is 1.63 bits per heavy atom. The van der Waals surface area contributed by atoms with Crippen LogP contribution in [0.3, 0.4) is 0 Å². The normalized spacial score (nSPS) is 18.6. The van der Waals surface area contributed by atoms with E-state index in [1.807, 2.05) is 13.8 Å². The molecule has 244 valence electrons. The molecule has 0 aromatic heterocycles. The summed E-state index contributed by atoms with van der Waals surface area (Å²) in [4.78, 5) is 80.0. The lowest BCUT2D eigenvalue weighted by molar-refractivity contribution is -0.142. The molecule has 0 aromatic rings. The summed E-state index contributed by atoms with van der Waals surface area (Å²) >= 11 is 1.21. The van der Waals surface area contributed by atoms with E-state index in [4.69, 9.17) is 5.73 Å². The van der Waals surface area contributed by atoms with E-state index in [1.54, 1.807) is 33.9 Å². The lowest BCUT2D eigenvalue weighted by Crippen LogP contribution is -2.61. The highest BCUT2D eigenvalue weighted by atomic mass is 32.2. The van der Waals surface area contributed by atoms with E-state index in [0.29, 0.717) is 19.4 Å². The largest absolute Gasteiger partial charge is 0.363 e. The molecule has 3 unspecified atom stereocenters. The fourth-order valence-corrected chi connectivity index (χ4v) is 6.10. The van der Waals surface area contributed by atoms with Crippen molar-refractivity contribution in [3.05, 3.63) is 12.7 Å². The van der Waals surface area contributed by atoms with E-state index in [9.17, 15) is 28.8 Å². The molecule has 0 radical (unpaired) electrons. The van der Waals surface area contributed by atoms with Crippen molar-refractivity contribution in [1.82, 2.24) is 25.8 Å². The van der Waals surface area contributed by atoms with Gasteiger partial charge < -0.3 is 37.2 Å². The molecule has 13 nitrogen and oxygen atoms in total. The van der Waals surface area contributed by atoms with Crippen molar-refractivity contribution in [3.63, 3.8) is 0 Å². The number of hydrogen-bond donors (Lipinski definition) is 5. The van der Waals surface area contributed by atoms with Crippen LogP contribution in [0.5, 0.6) is 0 Å². The molecule has 1 saturated heterocycles. The zero-order valence-electron chi connectivity index (χ0n) is 26.6. The van der Waals surface area contributed by atoms with Crippen LogP contribution in [0.4, 0.5) is 4.79 Å². The first-order valence-electron chi connectivity index (χ1n) is 14.7. The zero-order chi connectivity index (χ0) is 33.1. The number of nitrogens with one attached hydrogen (secondary N) is 3. The number of primary amides is 1. The number of amides is 6. The van der Waals surface area contributed by atoms with Gasteiger partial charge in [0, 0.05) is 25.4 Å². The molecule has 43 heavy (non-hydrogen) atoms. The molecular formula is C29H51N7O6S. The third-order valence-electron chi connectivity index (χ3n) is 7.36. The molecule has 2 rings (SSSR count). The second-order valence-electron chi connectivity index (χ2n) is 12.1. The summed E-state index contributed by atoms with van der Waals surface area (Å²) in [6, 6.07) is -3.40. The minimum atomic E-state index is -1.13. The lowest BCUT2D eigenvalue weighted by Gasteiger charge is -2.36. The summed E-state index contributed by atoms with van der Waals surface area (Å²) in [7, 11) is 3.12. The van der Waals surface area contributed by atoms with Gasteiger partial charge >= 0.3 is 6.03 Å². The van der Waals surface area contributed by atoms with Crippen LogP contribution < -0.4 is 27.4 Å². The number of thioether (sulfide) groups is 1. The molecule has 2 fully saturated rings. The van der Waals surface area contributed by atoms with Crippen molar-refractivity contribution in [2.75, 3.05) is 27.2 Å². The molecule has 4 atom stereocenters. The molecule has 6 amide bonds. The van der Waals surface area contributed by atoms with E-state index in [0.717, 1.165) is 19.3 Å². The summed E-state index contributed by atoms with van der Waals surface area (Å²) in [5, 5.41) is 7.12. The molecule has 0 spiro atoms. The number of nitrogens with two attached hydrogens (primary N) is 2. The number of carbonyl (C=O) groups is 6. The van der Waals surface area contributed by atoms with Crippen molar-refractivity contribution in [2.45, 2.75) is 95.5 Å². The Balaban J connectivity index is 0.00000452. The summed E-state index contributed by atoms with van der Waals surface area (Å²) in [5.74, 6) is -3.51. The van der Waals surface area contributed by atoms with Gasteiger partial charge in [0.1, 0.15) is 23.5 Å². The summed E-state index contributed by atoms with van der Waals surface area (Å²) in [6.45, 7) is 13.2. The van der Waals surface area contributed by atoms with Gasteiger partial charge in [0.25, 0.3) is 11.7 Å². The molecule has 2 aliphatic rings. The number of urea groups is 1. The van der Waals surface area contributed by atoms with Crippen molar-refractivity contribution in [1.29, 1.82) is 0 Å². The third kappa shape index (κ3) is 10.8. The number of Topliss-reactive ketones (excluding diaryl/α,β-unsaturated/α-hetero) is 1. The van der Waals surface area contributed by atoms with Gasteiger partial charge in [0.15, 0.2) is 0 Å². The van der Waals surface area contributed by atoms with Gasteiger partial charge in [-0.2, -0.15) is 0 Å². The van der Waals surface area contributed by atoms with Gasteiger partial charge in [-0.05, 0) is 44.1 Å². The monoisotopic (exact) mass is 625 g/mol. The first kappa shape index (κ1) is 37.9. The van der Waals surface area contributed by atoms with Crippen LogP contribution in [0, 0.1) is 11.3 Å². The fraction of sp³-hybridized carbons (Fsp3) is 0.724. The first-order chi connectivity index (χ1) is 20.1. The zero-order valence-corrected chi connectivity index (χ0v) is 27.4. The predicted octanol–water partition coefficient (Wildman–Crippen LogP) is 0.718. The van der Waals surface area contributed by atoms with Crippen molar-refractivity contribution in [2.24, 2.45) is 22.8 Å². The number of rotatable bonds is 13. The number of likely N-dealkylation sites (N-methyl/N-ethyl adjacent to an activating group) is 1. The molecule has 1 heterocycles. The number of nitrogens with zero attached hydrogens (tertiary/aromatic N) is 2. The van der Waals surface area contributed by atoms with E-state index in [2.05, 4.69) is 28.3 Å². The maximum atomic E-state index is 13.8. The lowest BCUT2D eigenvalue weighted by atomic mass is 9.85. The molecule has 1 saturated carbocycles. The maximum Gasteiger partial charge on any atom is 0.316 e. The Hall–Kier alpha value is -3.13. The van der Waals surface area contributed by atoms with Crippen LogP contribution in [0.15, 0.2) is 12.7 Å². The summed E-state index contributed by atoms with van der Waals surface area (Å²) in [5.41, 5.74) is 8.99. The van der Waals surface area contributed by atoms with Crippen molar-refractivity contribution in [3.8, 4) is 0 Å². The van der Waals surface area contributed by atoms with E-state index >= 15 is 0 Å². The Labute approximate surface area is 259 Å². The van der Waals surface area contributed by atoms with Crippen LogP contribution in [-0.2, 0) is 24.0 Å². The minimum Gasteiger partial charge on any atom is -0.363 e. The average Bonchev–Trinajstić information content (AvgIpc) is 3.41. The first-order valence-corrected chi connectivity index (χ1v) is 15.6. The minimum absolute atomic E-state index is 0.149. The number of likely N-dealkylation sites (tertiary alicyclic amines) is 1. The second kappa shape index (κ2) is 17.2. The van der Waals surface area contributed by atoms with Gasteiger partial charge in [0.05, 0.1) is 0 Å². The number of carbonyl (C=O) groups excluding carboxylic acids is 6. The van der Waals surface area contributed by atoms with Gasteiger partial charge in [-0.25, -0.2) is 4.79 Å². The van der Waals surface area contributed by atoms with Crippen molar-refractivity contribution < 1.29 is 28.8 Å². The predicted molar refractivity (Wildman–Crippen MR) is 168 cm³/mol. The van der Waals surface area contributed by atoms with Gasteiger partial charge in [0.2, 0.25) is 17.7 Å².